The third-order valence-electron chi connectivity index (χ3n) is 5.84. The Morgan fingerprint density at radius 3 is 2.70 bits per heavy atom. The minimum absolute atomic E-state index is 0.00371. The van der Waals surface area contributed by atoms with E-state index >= 15 is 4.39 Å². The molecule has 3 N–H and O–H groups in total. The van der Waals surface area contributed by atoms with Gasteiger partial charge in [0.2, 0.25) is 0 Å². The summed E-state index contributed by atoms with van der Waals surface area (Å²) in [4.78, 5) is 18.2. The molecular weight excluding hydrogens is 347 g/mol. The highest BCUT2D eigenvalue weighted by atomic mass is 19.1. The van der Waals surface area contributed by atoms with Crippen LogP contribution in [0.5, 0.6) is 5.75 Å². The van der Waals surface area contributed by atoms with Gasteiger partial charge < -0.3 is 20.7 Å². The molecule has 142 valence electrons. The Morgan fingerprint density at radius 2 is 2.11 bits per heavy atom. The number of aromatic nitrogens is 1. The smallest absolute Gasteiger partial charge is 0.258 e. The Hall–Kier alpha value is -2.83. The number of carbonyl (C=O) groups excluding carboxylic acids is 1. The van der Waals surface area contributed by atoms with Crippen LogP contribution in [0.25, 0.3) is 11.1 Å². The van der Waals surface area contributed by atoms with E-state index in [2.05, 4.69) is 17.2 Å². The summed E-state index contributed by atoms with van der Waals surface area (Å²) in [6.45, 7) is 3.01. The predicted octanol–water partition coefficient (Wildman–Crippen LogP) is 2.88. The first kappa shape index (κ1) is 17.6. The third-order valence-corrected chi connectivity index (χ3v) is 5.84. The average molecular weight is 370 g/mol. The summed E-state index contributed by atoms with van der Waals surface area (Å²) in [6, 6.07) is 3.13. The first-order chi connectivity index (χ1) is 12.8. The molecular formula is C20H23FN4O2. The highest BCUT2D eigenvalue weighted by Gasteiger charge is 2.58. The molecule has 1 aromatic heterocycles. The second kappa shape index (κ2) is 5.84. The van der Waals surface area contributed by atoms with Gasteiger partial charge in [-0.25, -0.2) is 9.37 Å². The number of amides is 1. The predicted molar refractivity (Wildman–Crippen MR) is 103 cm³/mol. The van der Waals surface area contributed by atoms with Crippen molar-refractivity contribution in [3.8, 4) is 16.9 Å². The van der Waals surface area contributed by atoms with Crippen LogP contribution in [0.15, 0.2) is 18.3 Å². The number of halogens is 1. The molecule has 2 aliphatic rings. The van der Waals surface area contributed by atoms with Crippen molar-refractivity contribution in [2.45, 2.75) is 18.8 Å². The fraction of sp³-hybridized carbons (Fsp3) is 0.400. The summed E-state index contributed by atoms with van der Waals surface area (Å²) in [5.41, 5.74) is 7.67. The number of benzene rings is 1. The molecule has 1 fully saturated rings. The summed E-state index contributed by atoms with van der Waals surface area (Å²) in [5.74, 6) is 0.785. The van der Waals surface area contributed by atoms with Crippen molar-refractivity contribution in [2.24, 2.45) is 5.92 Å². The molecule has 2 heterocycles. The second-order valence-corrected chi connectivity index (χ2v) is 7.63. The van der Waals surface area contributed by atoms with Crippen LogP contribution in [0.1, 0.15) is 29.3 Å². The van der Waals surface area contributed by atoms with Crippen LogP contribution in [0, 0.1) is 11.7 Å². The molecule has 1 spiro atoms. The van der Waals surface area contributed by atoms with Gasteiger partial charge in [-0.05, 0) is 24.5 Å². The van der Waals surface area contributed by atoms with Gasteiger partial charge in [0.25, 0.3) is 5.91 Å². The number of pyridine rings is 1. The van der Waals surface area contributed by atoms with E-state index in [9.17, 15) is 4.79 Å². The van der Waals surface area contributed by atoms with Crippen LogP contribution >= 0.6 is 0 Å². The zero-order valence-electron chi connectivity index (χ0n) is 15.9. The Balaban J connectivity index is 1.93. The van der Waals surface area contributed by atoms with Crippen LogP contribution in [0.3, 0.4) is 0 Å². The number of nitrogens with one attached hydrogen (secondary N) is 1. The van der Waals surface area contributed by atoms with E-state index in [0.717, 1.165) is 24.3 Å². The first-order valence-electron chi connectivity index (χ1n) is 8.93. The number of hydrogen-bond donors (Lipinski definition) is 2. The lowest BCUT2D eigenvalue weighted by molar-refractivity contribution is 0.0824. The number of methoxy groups -OCH3 is 1. The number of hydrogen-bond acceptors (Lipinski definition) is 5. The molecule has 0 bridgehead atoms. The van der Waals surface area contributed by atoms with Crippen molar-refractivity contribution in [3.05, 3.63) is 35.3 Å². The van der Waals surface area contributed by atoms with Crippen molar-refractivity contribution in [1.82, 2.24) is 9.88 Å². The summed E-state index contributed by atoms with van der Waals surface area (Å²) < 4.78 is 21.1. The van der Waals surface area contributed by atoms with E-state index in [-0.39, 0.29) is 22.2 Å². The highest BCUT2D eigenvalue weighted by molar-refractivity contribution is 6.01. The maximum Gasteiger partial charge on any atom is 0.258 e. The van der Waals surface area contributed by atoms with E-state index in [4.69, 9.17) is 10.5 Å². The Labute approximate surface area is 157 Å². The second-order valence-electron chi connectivity index (χ2n) is 7.63. The van der Waals surface area contributed by atoms with Crippen LogP contribution in [0.2, 0.25) is 0 Å². The van der Waals surface area contributed by atoms with Crippen molar-refractivity contribution < 1.29 is 13.9 Å². The quantitative estimate of drug-likeness (QED) is 0.812. The van der Waals surface area contributed by atoms with E-state index < -0.39 is 11.7 Å². The Bertz CT molecular complexity index is 959. The number of ether oxygens (including phenoxy) is 1. The van der Waals surface area contributed by atoms with E-state index in [1.165, 1.54) is 4.90 Å². The van der Waals surface area contributed by atoms with E-state index in [1.807, 2.05) is 0 Å². The number of nitrogen functional groups attached to an aromatic ring is 1. The van der Waals surface area contributed by atoms with Crippen molar-refractivity contribution in [3.63, 3.8) is 0 Å². The zero-order chi connectivity index (χ0) is 19.5. The molecule has 4 rings (SSSR count). The van der Waals surface area contributed by atoms with Gasteiger partial charge in [-0.2, -0.15) is 0 Å². The lowest BCUT2D eigenvalue weighted by Gasteiger charge is -2.19. The van der Waals surface area contributed by atoms with E-state index in [1.54, 1.807) is 39.5 Å². The average Bonchev–Trinajstić information content (AvgIpc) is 3.13. The van der Waals surface area contributed by atoms with Crippen molar-refractivity contribution >= 4 is 17.4 Å². The minimum Gasteiger partial charge on any atom is -0.496 e. The first-order valence-corrected chi connectivity index (χ1v) is 8.93. The molecule has 1 amide bonds. The normalized spacial score (nSPS) is 22.3. The van der Waals surface area contributed by atoms with Gasteiger partial charge in [-0.15, -0.1) is 0 Å². The number of rotatable bonds is 3. The Morgan fingerprint density at radius 1 is 1.41 bits per heavy atom. The van der Waals surface area contributed by atoms with Crippen LogP contribution in [-0.4, -0.2) is 43.5 Å². The molecule has 2 aromatic rings. The van der Waals surface area contributed by atoms with Gasteiger partial charge in [-0.3, -0.25) is 4.79 Å². The lowest BCUT2D eigenvalue weighted by Crippen LogP contribution is -2.24. The summed E-state index contributed by atoms with van der Waals surface area (Å²) >= 11 is 0. The van der Waals surface area contributed by atoms with E-state index in [0.29, 0.717) is 17.2 Å². The fourth-order valence-electron chi connectivity index (χ4n) is 4.15. The fourth-order valence-corrected chi connectivity index (χ4v) is 4.15. The molecule has 2 atom stereocenters. The summed E-state index contributed by atoms with van der Waals surface area (Å²) in [7, 11) is 4.71. The topological polar surface area (TPSA) is 80.5 Å². The summed E-state index contributed by atoms with van der Waals surface area (Å²) in [5, 5.41) is 3.34. The molecule has 0 saturated heterocycles. The molecule has 1 aliphatic heterocycles. The van der Waals surface area contributed by atoms with Gasteiger partial charge in [0.1, 0.15) is 17.4 Å². The number of fused-ring (bicyclic) bond motifs is 2. The van der Waals surface area contributed by atoms with Crippen molar-refractivity contribution in [1.29, 1.82) is 0 Å². The van der Waals surface area contributed by atoms with Crippen LogP contribution < -0.4 is 15.8 Å². The molecule has 0 radical (unpaired) electrons. The largest absolute Gasteiger partial charge is 0.496 e. The molecule has 1 aromatic carbocycles. The number of nitrogens with two attached hydrogens (primary N) is 1. The molecule has 0 unspecified atom stereocenters. The third kappa shape index (κ3) is 2.37. The minimum atomic E-state index is -0.655. The van der Waals surface area contributed by atoms with Gasteiger partial charge >= 0.3 is 0 Å². The Kier molecular flexibility index (Phi) is 3.80. The molecule has 7 heteroatoms. The van der Waals surface area contributed by atoms with Gasteiger partial charge in [0, 0.05) is 54.6 Å². The van der Waals surface area contributed by atoms with Crippen LogP contribution in [-0.2, 0) is 5.41 Å². The van der Waals surface area contributed by atoms with Crippen LogP contribution in [0.4, 0.5) is 15.9 Å². The highest BCUT2D eigenvalue weighted by Crippen LogP contribution is 2.62. The number of nitrogens with zero attached hydrogens (tertiary/aromatic N) is 2. The zero-order valence-corrected chi connectivity index (χ0v) is 15.9. The van der Waals surface area contributed by atoms with Crippen molar-refractivity contribution in [2.75, 3.05) is 38.8 Å². The van der Waals surface area contributed by atoms with Gasteiger partial charge in [0.15, 0.2) is 0 Å². The maximum absolute atomic E-state index is 15.4. The maximum atomic E-state index is 15.4. The number of anilines is 2. The number of carbonyl (C=O) groups is 1. The van der Waals surface area contributed by atoms with Gasteiger partial charge in [0.05, 0.1) is 12.7 Å². The molecule has 6 nitrogen and oxygen atoms in total. The molecule has 27 heavy (non-hydrogen) atoms. The molecule has 1 aliphatic carbocycles. The monoisotopic (exact) mass is 370 g/mol. The molecule has 1 saturated carbocycles. The summed E-state index contributed by atoms with van der Waals surface area (Å²) in [6.07, 6.45) is 2.64. The lowest BCUT2D eigenvalue weighted by atomic mass is 9.92. The van der Waals surface area contributed by atoms with Gasteiger partial charge in [-0.1, -0.05) is 6.92 Å². The SMILES string of the molecule is COc1c(-c2ccc(N)c(C(=O)N(C)C)c2F)cnc2c1[C@]1(CN2)C[C@H]1C. The standard InChI is InChI=1S/C20H23FN4O2/c1-10-7-20(10)9-24-18-15(20)17(27-4)12(8-23-18)11-5-6-13(22)14(16(11)21)19(26)25(2)3/h5-6,8,10H,7,9,22H2,1-4H3,(H,23,24)/t10-,20+/m1/s1.